The highest BCUT2D eigenvalue weighted by Crippen LogP contribution is 2.40. The molecule has 0 aromatic heterocycles. The van der Waals surface area contributed by atoms with E-state index in [2.05, 4.69) is 109 Å². The quantitative estimate of drug-likeness (QED) is 0.320. The van der Waals surface area contributed by atoms with Crippen molar-refractivity contribution in [1.82, 2.24) is 10.6 Å². The molecule has 0 aliphatic heterocycles. The second-order valence-corrected chi connectivity index (χ2v) is 11.0. The molecule has 35 heavy (non-hydrogen) atoms. The summed E-state index contributed by atoms with van der Waals surface area (Å²) < 4.78 is 0. The Bertz CT molecular complexity index is 1000. The van der Waals surface area contributed by atoms with Crippen molar-refractivity contribution in [1.29, 1.82) is 0 Å². The first-order valence-corrected chi connectivity index (χ1v) is 13.9. The van der Waals surface area contributed by atoms with E-state index in [0.717, 1.165) is 24.9 Å². The predicted octanol–water partition coefficient (Wildman–Crippen LogP) is 7.67. The fourth-order valence-electron chi connectivity index (χ4n) is 6.68. The average Bonchev–Trinajstić information content (AvgIpc) is 3.56. The standard InChI is InChI=1S/C33H42N2/c1-25-13-11-20-29(25)23-34-32(27-16-7-3-8-17-27)33(28-18-9-4-10-19-28)35-24-30-21-12-22-31(30)26-14-5-2-6-15-26/h2-10,14-19,25,29-35H,11-13,20-24H2,1H3. The fourth-order valence-corrected chi connectivity index (χ4v) is 6.68. The fraction of sp³-hybridized carbons (Fsp3) is 0.455. The van der Waals surface area contributed by atoms with Gasteiger partial charge in [0.25, 0.3) is 0 Å². The number of benzene rings is 3. The molecule has 0 spiro atoms. The van der Waals surface area contributed by atoms with Crippen LogP contribution in [0.15, 0.2) is 91.0 Å². The Labute approximate surface area is 212 Å². The molecule has 2 saturated carbocycles. The molecule has 2 aliphatic rings. The summed E-state index contributed by atoms with van der Waals surface area (Å²) >= 11 is 0. The van der Waals surface area contributed by atoms with Gasteiger partial charge in [0.2, 0.25) is 0 Å². The van der Waals surface area contributed by atoms with E-state index in [9.17, 15) is 0 Å². The number of rotatable bonds is 10. The van der Waals surface area contributed by atoms with Gasteiger partial charge in [-0.25, -0.2) is 0 Å². The van der Waals surface area contributed by atoms with E-state index in [4.69, 9.17) is 0 Å². The minimum absolute atomic E-state index is 0.243. The molecular weight excluding hydrogens is 424 g/mol. The van der Waals surface area contributed by atoms with Crippen LogP contribution < -0.4 is 10.6 Å². The number of nitrogens with one attached hydrogen (secondary N) is 2. The van der Waals surface area contributed by atoms with Crippen LogP contribution in [-0.2, 0) is 0 Å². The number of hydrogen-bond acceptors (Lipinski definition) is 2. The molecule has 2 N–H and O–H groups in total. The summed E-state index contributed by atoms with van der Waals surface area (Å²) in [4.78, 5) is 0. The molecule has 3 aromatic carbocycles. The first-order chi connectivity index (χ1) is 17.3. The van der Waals surface area contributed by atoms with Crippen molar-refractivity contribution >= 4 is 0 Å². The molecule has 2 fully saturated rings. The average molecular weight is 467 g/mol. The summed E-state index contributed by atoms with van der Waals surface area (Å²) in [6, 6.07) is 33.9. The molecule has 184 valence electrons. The van der Waals surface area contributed by atoms with Crippen molar-refractivity contribution in [3.8, 4) is 0 Å². The highest BCUT2D eigenvalue weighted by molar-refractivity contribution is 5.28. The highest BCUT2D eigenvalue weighted by atomic mass is 15.0. The van der Waals surface area contributed by atoms with Gasteiger partial charge in [0, 0.05) is 0 Å². The van der Waals surface area contributed by atoms with Crippen LogP contribution in [0, 0.1) is 17.8 Å². The van der Waals surface area contributed by atoms with Crippen LogP contribution in [0.25, 0.3) is 0 Å². The minimum Gasteiger partial charge on any atom is -0.308 e. The van der Waals surface area contributed by atoms with E-state index in [-0.39, 0.29) is 12.1 Å². The first kappa shape index (κ1) is 24.3. The third-order valence-corrected chi connectivity index (χ3v) is 8.78. The van der Waals surface area contributed by atoms with Gasteiger partial charge in [-0.15, -0.1) is 0 Å². The van der Waals surface area contributed by atoms with Crippen molar-refractivity contribution < 1.29 is 0 Å². The molecule has 0 saturated heterocycles. The topological polar surface area (TPSA) is 24.1 Å². The second-order valence-electron chi connectivity index (χ2n) is 11.0. The largest absolute Gasteiger partial charge is 0.308 e. The monoisotopic (exact) mass is 466 g/mol. The number of hydrogen-bond donors (Lipinski definition) is 2. The summed E-state index contributed by atoms with van der Waals surface area (Å²) in [5.74, 6) is 2.97. The Morgan fingerprint density at radius 2 is 1.09 bits per heavy atom. The lowest BCUT2D eigenvalue weighted by Crippen LogP contribution is -2.39. The molecule has 5 rings (SSSR count). The minimum atomic E-state index is 0.243. The van der Waals surface area contributed by atoms with Crippen LogP contribution in [0.2, 0.25) is 0 Å². The van der Waals surface area contributed by atoms with Crippen LogP contribution >= 0.6 is 0 Å². The molecule has 2 aliphatic carbocycles. The first-order valence-electron chi connectivity index (χ1n) is 13.9. The van der Waals surface area contributed by atoms with Gasteiger partial charge in [-0.1, -0.05) is 117 Å². The van der Waals surface area contributed by atoms with Gasteiger partial charge < -0.3 is 10.6 Å². The zero-order valence-electron chi connectivity index (χ0n) is 21.3. The van der Waals surface area contributed by atoms with Gasteiger partial charge in [0.15, 0.2) is 0 Å². The summed E-state index contributed by atoms with van der Waals surface area (Å²) in [6.07, 6.45) is 8.09. The molecule has 2 heteroatoms. The zero-order chi connectivity index (χ0) is 23.9. The Hall–Kier alpha value is -2.42. The maximum atomic E-state index is 4.10. The van der Waals surface area contributed by atoms with Crippen molar-refractivity contribution in [2.45, 2.75) is 63.5 Å². The van der Waals surface area contributed by atoms with Crippen LogP contribution in [0.4, 0.5) is 0 Å². The van der Waals surface area contributed by atoms with E-state index in [1.807, 2.05) is 0 Å². The molecule has 0 radical (unpaired) electrons. The van der Waals surface area contributed by atoms with Gasteiger partial charge in [0.1, 0.15) is 0 Å². The van der Waals surface area contributed by atoms with E-state index in [0.29, 0.717) is 11.8 Å². The normalized spacial score (nSPS) is 26.0. The molecular formula is C33H42N2. The maximum absolute atomic E-state index is 4.10. The van der Waals surface area contributed by atoms with Crippen molar-refractivity contribution in [3.63, 3.8) is 0 Å². The molecule has 0 heterocycles. The summed E-state index contributed by atoms with van der Waals surface area (Å²) in [5, 5.41) is 8.16. The Balaban J connectivity index is 1.38. The van der Waals surface area contributed by atoms with E-state index < -0.39 is 0 Å². The van der Waals surface area contributed by atoms with Crippen LogP contribution in [0.3, 0.4) is 0 Å². The van der Waals surface area contributed by atoms with Crippen LogP contribution in [0.5, 0.6) is 0 Å². The van der Waals surface area contributed by atoms with Gasteiger partial charge in [-0.3, -0.25) is 0 Å². The highest BCUT2D eigenvalue weighted by Gasteiger charge is 2.32. The van der Waals surface area contributed by atoms with Gasteiger partial charge in [0.05, 0.1) is 12.1 Å². The SMILES string of the molecule is CC1CCCC1CNC(c1ccccc1)C(NCC1CCCC1c1ccccc1)c1ccccc1. The Morgan fingerprint density at radius 1 is 0.600 bits per heavy atom. The molecule has 6 atom stereocenters. The van der Waals surface area contributed by atoms with Crippen LogP contribution in [-0.4, -0.2) is 13.1 Å². The lowest BCUT2D eigenvalue weighted by atomic mass is 9.87. The second kappa shape index (κ2) is 12.0. The van der Waals surface area contributed by atoms with Crippen molar-refractivity contribution in [2.24, 2.45) is 17.8 Å². The van der Waals surface area contributed by atoms with E-state index in [1.165, 1.54) is 55.2 Å². The molecule has 2 nitrogen and oxygen atoms in total. The molecule has 0 bridgehead atoms. The van der Waals surface area contributed by atoms with E-state index in [1.54, 1.807) is 0 Å². The summed E-state index contributed by atoms with van der Waals surface area (Å²) in [7, 11) is 0. The van der Waals surface area contributed by atoms with Crippen molar-refractivity contribution in [2.75, 3.05) is 13.1 Å². The molecule has 3 aromatic rings. The lowest BCUT2D eigenvalue weighted by Gasteiger charge is -2.33. The van der Waals surface area contributed by atoms with Gasteiger partial charge in [-0.05, 0) is 72.7 Å². The Kier molecular flexibility index (Phi) is 8.33. The smallest absolute Gasteiger partial charge is 0.0518 e. The third-order valence-electron chi connectivity index (χ3n) is 8.78. The van der Waals surface area contributed by atoms with Crippen LogP contribution in [0.1, 0.15) is 80.1 Å². The van der Waals surface area contributed by atoms with Crippen molar-refractivity contribution in [3.05, 3.63) is 108 Å². The Morgan fingerprint density at radius 3 is 1.63 bits per heavy atom. The van der Waals surface area contributed by atoms with E-state index >= 15 is 0 Å². The summed E-state index contributed by atoms with van der Waals surface area (Å²) in [5.41, 5.74) is 4.27. The third kappa shape index (κ3) is 6.05. The molecule has 6 unspecified atom stereocenters. The predicted molar refractivity (Wildman–Crippen MR) is 147 cm³/mol. The van der Waals surface area contributed by atoms with Gasteiger partial charge in [-0.2, -0.15) is 0 Å². The maximum Gasteiger partial charge on any atom is 0.0518 e. The lowest BCUT2D eigenvalue weighted by molar-refractivity contribution is 0.310. The molecule has 0 amide bonds. The summed E-state index contributed by atoms with van der Waals surface area (Å²) in [6.45, 7) is 4.60. The van der Waals surface area contributed by atoms with Gasteiger partial charge >= 0.3 is 0 Å². The zero-order valence-corrected chi connectivity index (χ0v) is 21.3.